The maximum atomic E-state index is 12.9. The zero-order valence-corrected chi connectivity index (χ0v) is 22.7. The summed E-state index contributed by atoms with van der Waals surface area (Å²) in [6.45, 7) is 13.8. The van der Waals surface area contributed by atoms with E-state index in [0.29, 0.717) is 28.9 Å². The lowest BCUT2D eigenvalue weighted by molar-refractivity contribution is -0.138. The van der Waals surface area contributed by atoms with Crippen LogP contribution in [0.1, 0.15) is 111 Å². The van der Waals surface area contributed by atoms with Crippen LogP contribution in [0.15, 0.2) is 0 Å². The van der Waals surface area contributed by atoms with Gasteiger partial charge in [0.25, 0.3) is 0 Å². The molecule has 1 saturated heterocycles. The van der Waals surface area contributed by atoms with Gasteiger partial charge in [0.15, 0.2) is 0 Å². The summed E-state index contributed by atoms with van der Waals surface area (Å²) in [7, 11) is 0. The summed E-state index contributed by atoms with van der Waals surface area (Å²) >= 11 is 0. The first-order chi connectivity index (χ1) is 16.2. The van der Waals surface area contributed by atoms with Crippen LogP contribution in [0.5, 0.6) is 0 Å². The quantitative estimate of drug-likeness (QED) is 0.469. The second-order valence-corrected chi connectivity index (χ2v) is 13.7. The van der Waals surface area contributed by atoms with E-state index in [1.807, 2.05) is 0 Å². The van der Waals surface area contributed by atoms with E-state index in [1.54, 1.807) is 0 Å². The lowest BCUT2D eigenvalue weighted by Gasteiger charge is -2.45. The highest BCUT2D eigenvalue weighted by molar-refractivity contribution is 5.86. The number of hydrogen-bond acceptors (Lipinski definition) is 3. The fourth-order valence-corrected chi connectivity index (χ4v) is 7.51. The molecule has 34 heavy (non-hydrogen) atoms. The van der Waals surface area contributed by atoms with Crippen molar-refractivity contribution in [3.8, 4) is 0 Å². The van der Waals surface area contributed by atoms with Crippen molar-refractivity contribution in [2.24, 2.45) is 34.5 Å². The van der Waals surface area contributed by atoms with Crippen molar-refractivity contribution in [2.75, 3.05) is 32.7 Å². The van der Waals surface area contributed by atoms with Crippen molar-refractivity contribution in [2.45, 2.75) is 111 Å². The minimum absolute atomic E-state index is 0.180. The normalized spacial score (nSPS) is 35.9. The van der Waals surface area contributed by atoms with Crippen molar-refractivity contribution < 1.29 is 9.59 Å². The number of carbonyl (C=O) groups excluding carboxylic acids is 2. The third kappa shape index (κ3) is 6.45. The molecule has 0 bridgehead atoms. The molecule has 4 nitrogen and oxygen atoms in total. The van der Waals surface area contributed by atoms with Crippen LogP contribution in [-0.4, -0.2) is 54.2 Å². The number of rotatable bonds is 5. The van der Waals surface area contributed by atoms with Crippen molar-refractivity contribution in [1.29, 1.82) is 0 Å². The number of Topliss-reactive ketones (excluding diaryl/α,β-unsaturated/α-hetero) is 1. The molecule has 0 radical (unpaired) electrons. The Morgan fingerprint density at radius 1 is 0.765 bits per heavy atom. The Balaban J connectivity index is 1.12. The molecule has 0 unspecified atom stereocenters. The van der Waals surface area contributed by atoms with Gasteiger partial charge in [-0.25, -0.2) is 0 Å². The molecule has 0 N–H and O–H groups in total. The molecule has 1 heterocycles. The maximum absolute atomic E-state index is 12.9. The minimum Gasteiger partial charge on any atom is -0.340 e. The Labute approximate surface area is 209 Å². The summed E-state index contributed by atoms with van der Waals surface area (Å²) in [4.78, 5) is 30.4. The van der Waals surface area contributed by atoms with Crippen LogP contribution in [0.2, 0.25) is 0 Å². The third-order valence-electron chi connectivity index (χ3n) is 10.2. The first-order valence-corrected chi connectivity index (χ1v) is 14.7. The van der Waals surface area contributed by atoms with E-state index in [2.05, 4.69) is 37.5 Å². The van der Waals surface area contributed by atoms with Crippen LogP contribution >= 0.6 is 0 Å². The zero-order valence-electron chi connectivity index (χ0n) is 22.7. The highest BCUT2D eigenvalue weighted by Crippen LogP contribution is 2.51. The molecule has 1 aliphatic heterocycles. The molecule has 1 spiro atoms. The molecular formula is C30H52N2O2. The molecule has 4 aliphatic rings. The summed E-state index contributed by atoms with van der Waals surface area (Å²) in [5.74, 6) is 3.25. The molecule has 3 saturated carbocycles. The van der Waals surface area contributed by atoms with E-state index >= 15 is 0 Å². The maximum Gasteiger partial charge on any atom is 0.225 e. The molecule has 3 aliphatic carbocycles. The van der Waals surface area contributed by atoms with Crippen LogP contribution in [0, 0.1) is 34.5 Å². The fourth-order valence-electron chi connectivity index (χ4n) is 7.51. The van der Waals surface area contributed by atoms with Gasteiger partial charge in [-0.15, -0.1) is 0 Å². The van der Waals surface area contributed by atoms with E-state index in [4.69, 9.17) is 0 Å². The molecule has 4 heteroatoms. The standard InChI is InChI=1S/C30H52N2O2/c1-23-5-7-26(8-6-23)28(34)32-21-19-31(20-22-32)18-13-24-9-14-30(15-10-24)16-11-25(12-17-30)27(33)29(2,3)4/h23-26H,5-22H2,1-4H3. The van der Waals surface area contributed by atoms with Gasteiger partial charge in [-0.1, -0.05) is 27.7 Å². The van der Waals surface area contributed by atoms with E-state index in [9.17, 15) is 9.59 Å². The Morgan fingerprint density at radius 2 is 1.32 bits per heavy atom. The van der Waals surface area contributed by atoms with Gasteiger partial charge in [0.1, 0.15) is 5.78 Å². The number of piperazine rings is 1. The Morgan fingerprint density at radius 3 is 1.88 bits per heavy atom. The third-order valence-corrected chi connectivity index (χ3v) is 10.2. The van der Waals surface area contributed by atoms with Crippen LogP contribution in [0.3, 0.4) is 0 Å². The van der Waals surface area contributed by atoms with E-state index in [0.717, 1.165) is 63.7 Å². The number of ketones is 1. The molecule has 4 rings (SSSR count). The van der Waals surface area contributed by atoms with Gasteiger partial charge in [0.05, 0.1) is 0 Å². The fraction of sp³-hybridized carbons (Fsp3) is 0.933. The van der Waals surface area contributed by atoms with Gasteiger partial charge < -0.3 is 4.90 Å². The molecule has 0 atom stereocenters. The Bertz CT molecular complexity index is 677. The summed E-state index contributed by atoms with van der Waals surface area (Å²) < 4.78 is 0. The zero-order chi connectivity index (χ0) is 24.3. The van der Waals surface area contributed by atoms with Gasteiger partial charge in [0.2, 0.25) is 5.91 Å². The van der Waals surface area contributed by atoms with E-state index < -0.39 is 0 Å². The average molecular weight is 473 g/mol. The number of amides is 1. The highest BCUT2D eigenvalue weighted by atomic mass is 16.2. The predicted molar refractivity (Wildman–Crippen MR) is 140 cm³/mol. The molecule has 0 aromatic heterocycles. The molecular weight excluding hydrogens is 420 g/mol. The predicted octanol–water partition coefficient (Wildman–Crippen LogP) is 6.33. The van der Waals surface area contributed by atoms with Gasteiger partial charge >= 0.3 is 0 Å². The average Bonchev–Trinajstić information content (AvgIpc) is 2.84. The lowest BCUT2D eigenvalue weighted by Crippen LogP contribution is -2.51. The van der Waals surface area contributed by atoms with Crippen molar-refractivity contribution >= 4 is 11.7 Å². The molecule has 0 aromatic carbocycles. The second-order valence-electron chi connectivity index (χ2n) is 13.7. The van der Waals surface area contributed by atoms with Crippen molar-refractivity contribution in [3.63, 3.8) is 0 Å². The van der Waals surface area contributed by atoms with Crippen LogP contribution in [0.25, 0.3) is 0 Å². The monoisotopic (exact) mass is 472 g/mol. The van der Waals surface area contributed by atoms with Crippen LogP contribution in [0.4, 0.5) is 0 Å². The van der Waals surface area contributed by atoms with Gasteiger partial charge in [-0.2, -0.15) is 0 Å². The van der Waals surface area contributed by atoms with Gasteiger partial charge in [-0.3, -0.25) is 14.5 Å². The van der Waals surface area contributed by atoms with Gasteiger partial charge in [-0.05, 0) is 107 Å². The molecule has 4 fully saturated rings. The first-order valence-electron chi connectivity index (χ1n) is 14.7. The van der Waals surface area contributed by atoms with Gasteiger partial charge in [0, 0.05) is 43.4 Å². The smallest absolute Gasteiger partial charge is 0.225 e. The summed E-state index contributed by atoms with van der Waals surface area (Å²) in [5.41, 5.74) is 0.369. The van der Waals surface area contributed by atoms with E-state index in [-0.39, 0.29) is 5.41 Å². The second kappa shape index (κ2) is 11.0. The Hall–Kier alpha value is -0.900. The summed E-state index contributed by atoms with van der Waals surface area (Å²) in [6, 6.07) is 0. The largest absolute Gasteiger partial charge is 0.340 e. The van der Waals surface area contributed by atoms with E-state index in [1.165, 1.54) is 64.3 Å². The Kier molecular flexibility index (Phi) is 8.48. The molecule has 1 amide bonds. The highest BCUT2D eigenvalue weighted by Gasteiger charge is 2.41. The summed E-state index contributed by atoms with van der Waals surface area (Å²) in [6.07, 6.45) is 16.4. The number of carbonyl (C=O) groups is 2. The van der Waals surface area contributed by atoms with Crippen LogP contribution in [-0.2, 0) is 9.59 Å². The first kappa shape index (κ1) is 26.2. The summed E-state index contributed by atoms with van der Waals surface area (Å²) in [5, 5.41) is 0. The minimum atomic E-state index is -0.180. The molecule has 0 aromatic rings. The topological polar surface area (TPSA) is 40.6 Å². The van der Waals surface area contributed by atoms with Crippen molar-refractivity contribution in [3.05, 3.63) is 0 Å². The SMILES string of the molecule is CC1CCC(C(=O)N2CCN(CCC3CCC4(CC3)CCC(C(=O)C(C)(C)C)CC4)CC2)CC1. The lowest BCUT2D eigenvalue weighted by atomic mass is 9.60. The van der Waals surface area contributed by atoms with Crippen molar-refractivity contribution in [1.82, 2.24) is 9.80 Å². The number of hydrogen-bond donors (Lipinski definition) is 0. The number of nitrogens with zero attached hydrogens (tertiary/aromatic N) is 2. The molecule has 194 valence electrons. The van der Waals surface area contributed by atoms with Crippen LogP contribution < -0.4 is 0 Å².